The molecule has 2 atom stereocenters. The molecule has 3 nitrogen and oxygen atoms in total. The van der Waals surface area contributed by atoms with E-state index in [4.69, 9.17) is 4.74 Å². The number of benzene rings is 2. The summed E-state index contributed by atoms with van der Waals surface area (Å²) in [5.41, 5.74) is 3.51. The standard InChI is InChI=1S/C19H17NO2/c1-22-14-7-8-15-16(11-14)17-9-10-18(21)19(15)20(17)12-13-5-3-2-4-6-13/h2-11,17,19H,12H2,1H3/t17-,19-/m0/s1. The molecule has 0 saturated carbocycles. The molecule has 2 aromatic rings. The Morgan fingerprint density at radius 1 is 1.09 bits per heavy atom. The van der Waals surface area contributed by atoms with E-state index in [-0.39, 0.29) is 17.9 Å². The fourth-order valence-corrected chi connectivity index (χ4v) is 3.49. The zero-order valence-corrected chi connectivity index (χ0v) is 12.4. The van der Waals surface area contributed by atoms with E-state index in [0.29, 0.717) is 0 Å². The van der Waals surface area contributed by atoms with Gasteiger partial charge >= 0.3 is 0 Å². The van der Waals surface area contributed by atoms with Gasteiger partial charge in [0.1, 0.15) is 5.75 Å². The van der Waals surface area contributed by atoms with Crippen molar-refractivity contribution in [3.63, 3.8) is 0 Å². The van der Waals surface area contributed by atoms with Crippen molar-refractivity contribution in [3.8, 4) is 5.75 Å². The molecule has 2 aliphatic rings. The summed E-state index contributed by atoms with van der Waals surface area (Å²) < 4.78 is 5.34. The van der Waals surface area contributed by atoms with Crippen LogP contribution in [-0.2, 0) is 11.3 Å². The lowest BCUT2D eigenvalue weighted by molar-refractivity contribution is -0.120. The van der Waals surface area contributed by atoms with Gasteiger partial charge in [-0.15, -0.1) is 0 Å². The van der Waals surface area contributed by atoms with E-state index < -0.39 is 0 Å². The maximum absolute atomic E-state index is 12.4. The monoisotopic (exact) mass is 291 g/mol. The fraction of sp³-hybridized carbons (Fsp3) is 0.211. The molecule has 0 aliphatic carbocycles. The summed E-state index contributed by atoms with van der Waals surface area (Å²) in [6.45, 7) is 0.767. The van der Waals surface area contributed by atoms with Crippen molar-refractivity contribution in [3.05, 3.63) is 77.4 Å². The number of methoxy groups -OCH3 is 1. The quantitative estimate of drug-likeness (QED) is 0.867. The second-order valence-corrected chi connectivity index (χ2v) is 5.76. The van der Waals surface area contributed by atoms with Gasteiger partial charge in [0.2, 0.25) is 0 Å². The lowest BCUT2D eigenvalue weighted by atomic mass is 10.0. The minimum absolute atomic E-state index is 0.146. The van der Waals surface area contributed by atoms with Crippen LogP contribution in [0.4, 0.5) is 0 Å². The summed E-state index contributed by atoms with van der Waals surface area (Å²) in [5, 5.41) is 0. The third-order valence-electron chi connectivity index (χ3n) is 4.52. The molecule has 0 fully saturated rings. The number of rotatable bonds is 3. The third-order valence-corrected chi connectivity index (χ3v) is 4.52. The first-order valence-electron chi connectivity index (χ1n) is 7.47. The van der Waals surface area contributed by atoms with Crippen LogP contribution >= 0.6 is 0 Å². The summed E-state index contributed by atoms with van der Waals surface area (Å²) in [5.74, 6) is 1.00. The zero-order chi connectivity index (χ0) is 15.1. The van der Waals surface area contributed by atoms with Gasteiger partial charge < -0.3 is 4.74 Å². The number of ketones is 1. The number of hydrogen-bond acceptors (Lipinski definition) is 3. The highest BCUT2D eigenvalue weighted by Crippen LogP contribution is 2.47. The van der Waals surface area contributed by atoms with Gasteiger partial charge in [0.25, 0.3) is 0 Å². The molecule has 0 N–H and O–H groups in total. The van der Waals surface area contributed by atoms with Crippen LogP contribution in [-0.4, -0.2) is 17.8 Å². The van der Waals surface area contributed by atoms with Gasteiger partial charge in [0.05, 0.1) is 19.2 Å². The summed E-state index contributed by atoms with van der Waals surface area (Å²) >= 11 is 0. The molecule has 0 aromatic heterocycles. The number of carbonyl (C=O) groups is 1. The minimum Gasteiger partial charge on any atom is -0.497 e. The Morgan fingerprint density at radius 3 is 2.68 bits per heavy atom. The highest BCUT2D eigenvalue weighted by molar-refractivity contribution is 5.97. The number of nitrogens with zero attached hydrogens (tertiary/aromatic N) is 1. The van der Waals surface area contributed by atoms with Crippen molar-refractivity contribution < 1.29 is 9.53 Å². The van der Waals surface area contributed by atoms with E-state index in [1.807, 2.05) is 36.4 Å². The van der Waals surface area contributed by atoms with Crippen molar-refractivity contribution in [2.24, 2.45) is 0 Å². The molecular weight excluding hydrogens is 274 g/mol. The molecule has 0 amide bonds. The van der Waals surface area contributed by atoms with Crippen LogP contribution in [0.1, 0.15) is 28.8 Å². The molecule has 0 saturated heterocycles. The Balaban J connectivity index is 1.76. The van der Waals surface area contributed by atoms with Gasteiger partial charge in [-0.05, 0) is 34.9 Å². The lowest BCUT2D eigenvalue weighted by Gasteiger charge is -2.30. The van der Waals surface area contributed by atoms with Crippen molar-refractivity contribution >= 4 is 5.78 Å². The number of ether oxygens (including phenoxy) is 1. The van der Waals surface area contributed by atoms with Crippen LogP contribution < -0.4 is 4.74 Å². The largest absolute Gasteiger partial charge is 0.497 e. The second-order valence-electron chi connectivity index (χ2n) is 5.76. The van der Waals surface area contributed by atoms with E-state index >= 15 is 0 Å². The van der Waals surface area contributed by atoms with Crippen LogP contribution in [0.5, 0.6) is 5.75 Å². The summed E-state index contributed by atoms with van der Waals surface area (Å²) in [6.07, 6.45) is 3.73. The van der Waals surface area contributed by atoms with Crippen LogP contribution in [0.2, 0.25) is 0 Å². The van der Waals surface area contributed by atoms with Gasteiger partial charge in [0, 0.05) is 6.54 Å². The second kappa shape index (κ2) is 5.11. The maximum Gasteiger partial charge on any atom is 0.177 e. The van der Waals surface area contributed by atoms with E-state index in [0.717, 1.165) is 17.9 Å². The summed E-state index contributed by atoms with van der Waals surface area (Å²) in [6, 6.07) is 16.3. The third kappa shape index (κ3) is 1.97. The van der Waals surface area contributed by atoms with E-state index in [2.05, 4.69) is 23.1 Å². The van der Waals surface area contributed by atoms with E-state index in [9.17, 15) is 4.79 Å². The predicted octanol–water partition coefficient (Wildman–Crippen LogP) is 3.43. The van der Waals surface area contributed by atoms with Crippen LogP contribution in [0.3, 0.4) is 0 Å². The molecular formula is C19H17NO2. The molecule has 0 spiro atoms. The Hall–Kier alpha value is -2.39. The van der Waals surface area contributed by atoms with Crippen molar-refractivity contribution in [2.75, 3.05) is 7.11 Å². The SMILES string of the molecule is COc1ccc2c(c1)[C@@H]1C=CC(=O)[C@H]2N1Cc1ccccc1. The van der Waals surface area contributed by atoms with Crippen molar-refractivity contribution in [1.82, 2.24) is 4.90 Å². The Bertz CT molecular complexity index is 751. The molecule has 2 aliphatic heterocycles. The fourth-order valence-electron chi connectivity index (χ4n) is 3.49. The predicted molar refractivity (Wildman–Crippen MR) is 84.6 cm³/mol. The van der Waals surface area contributed by atoms with Crippen LogP contribution in [0, 0.1) is 0 Å². The number of fused-ring (bicyclic) bond motifs is 5. The molecule has 3 heteroatoms. The number of hydrogen-bond donors (Lipinski definition) is 0. The molecule has 2 bridgehead atoms. The first-order valence-corrected chi connectivity index (χ1v) is 7.47. The highest BCUT2D eigenvalue weighted by Gasteiger charge is 2.43. The van der Waals surface area contributed by atoms with E-state index in [1.54, 1.807) is 13.2 Å². The van der Waals surface area contributed by atoms with Crippen molar-refractivity contribution in [2.45, 2.75) is 18.6 Å². The first-order chi connectivity index (χ1) is 10.8. The maximum atomic E-state index is 12.4. The normalized spacial score (nSPS) is 22.7. The van der Waals surface area contributed by atoms with Gasteiger partial charge in [-0.2, -0.15) is 0 Å². The molecule has 0 radical (unpaired) electrons. The van der Waals surface area contributed by atoms with Gasteiger partial charge in [0.15, 0.2) is 5.78 Å². The Morgan fingerprint density at radius 2 is 1.91 bits per heavy atom. The highest BCUT2D eigenvalue weighted by atomic mass is 16.5. The summed E-state index contributed by atoms with van der Waals surface area (Å²) in [7, 11) is 1.67. The van der Waals surface area contributed by atoms with E-state index in [1.165, 1.54) is 11.1 Å². The average Bonchev–Trinajstić information content (AvgIpc) is 2.77. The Labute approximate surface area is 129 Å². The van der Waals surface area contributed by atoms with Crippen molar-refractivity contribution in [1.29, 1.82) is 0 Å². The average molecular weight is 291 g/mol. The summed E-state index contributed by atoms with van der Waals surface area (Å²) in [4.78, 5) is 14.7. The number of carbonyl (C=O) groups excluding carboxylic acids is 1. The molecule has 22 heavy (non-hydrogen) atoms. The molecule has 0 unspecified atom stereocenters. The zero-order valence-electron chi connectivity index (χ0n) is 12.4. The first kappa shape index (κ1) is 13.3. The lowest BCUT2D eigenvalue weighted by Crippen LogP contribution is -2.32. The van der Waals surface area contributed by atoms with Crippen LogP contribution in [0.15, 0.2) is 60.7 Å². The smallest absolute Gasteiger partial charge is 0.177 e. The Kier molecular flexibility index (Phi) is 3.09. The van der Waals surface area contributed by atoms with Gasteiger partial charge in [-0.3, -0.25) is 9.69 Å². The van der Waals surface area contributed by atoms with Gasteiger partial charge in [-0.1, -0.05) is 42.5 Å². The topological polar surface area (TPSA) is 29.5 Å². The minimum atomic E-state index is -0.170. The van der Waals surface area contributed by atoms with Gasteiger partial charge in [-0.25, -0.2) is 0 Å². The molecule has 2 heterocycles. The molecule has 2 aromatic carbocycles. The van der Waals surface area contributed by atoms with Crippen LogP contribution in [0.25, 0.3) is 0 Å². The molecule has 4 rings (SSSR count). The molecule has 110 valence electrons.